The maximum atomic E-state index is 11.1. The van der Waals surface area contributed by atoms with Gasteiger partial charge in [-0.3, -0.25) is 10.1 Å². The third-order valence-electron chi connectivity index (χ3n) is 3.31. The van der Waals surface area contributed by atoms with E-state index in [1.807, 2.05) is 17.0 Å². The number of fused-ring (bicyclic) bond motifs is 1. The fraction of sp³-hybridized carbons (Fsp3) is 0.143. The van der Waals surface area contributed by atoms with Gasteiger partial charge in [-0.05, 0) is 29.3 Å². The molecule has 19 heavy (non-hydrogen) atoms. The molecule has 0 fully saturated rings. The predicted octanol–water partition coefficient (Wildman–Crippen LogP) is 3.88. The van der Waals surface area contributed by atoms with Gasteiger partial charge in [0.15, 0.2) is 0 Å². The number of nitrogens with zero attached hydrogens (tertiary/aromatic N) is 2. The lowest BCUT2D eigenvalue weighted by Gasteiger charge is -2.17. The van der Waals surface area contributed by atoms with Crippen LogP contribution in [0.3, 0.4) is 0 Å². The molecule has 2 aromatic rings. The Kier molecular flexibility index (Phi) is 2.98. The number of nitro benzene ring substituents is 1. The molecule has 1 aliphatic heterocycles. The minimum atomic E-state index is -0.325. The van der Waals surface area contributed by atoms with Gasteiger partial charge in [0, 0.05) is 23.6 Å². The molecule has 0 spiro atoms. The Hall–Kier alpha value is -1.88. The van der Waals surface area contributed by atoms with E-state index in [1.165, 1.54) is 11.1 Å². The van der Waals surface area contributed by atoms with E-state index in [9.17, 15) is 10.1 Å². The Morgan fingerprint density at radius 2 is 1.84 bits per heavy atom. The number of benzene rings is 2. The summed E-state index contributed by atoms with van der Waals surface area (Å²) >= 11 is 3.45. The van der Waals surface area contributed by atoms with Crippen molar-refractivity contribution < 1.29 is 4.92 Å². The molecule has 0 saturated heterocycles. The maximum absolute atomic E-state index is 11.1. The molecule has 4 nitrogen and oxygen atoms in total. The fourth-order valence-electron chi connectivity index (χ4n) is 2.42. The zero-order valence-electron chi connectivity index (χ0n) is 10.0. The molecule has 0 saturated carbocycles. The molecule has 0 bridgehead atoms. The third kappa shape index (κ3) is 2.21. The van der Waals surface area contributed by atoms with Crippen LogP contribution in [0.15, 0.2) is 46.9 Å². The van der Waals surface area contributed by atoms with Crippen molar-refractivity contribution in [2.24, 2.45) is 0 Å². The Morgan fingerprint density at radius 1 is 1.11 bits per heavy atom. The first kappa shape index (κ1) is 12.2. The second-order valence-corrected chi connectivity index (χ2v) is 5.43. The number of hydrogen-bond acceptors (Lipinski definition) is 3. The van der Waals surface area contributed by atoms with Gasteiger partial charge in [0.1, 0.15) is 5.69 Å². The van der Waals surface area contributed by atoms with E-state index in [2.05, 4.69) is 28.1 Å². The van der Waals surface area contributed by atoms with Gasteiger partial charge >= 0.3 is 0 Å². The van der Waals surface area contributed by atoms with Gasteiger partial charge in [0.05, 0.1) is 4.92 Å². The van der Waals surface area contributed by atoms with Crippen LogP contribution in [0.5, 0.6) is 0 Å². The number of hydrogen-bond donors (Lipinski definition) is 0. The van der Waals surface area contributed by atoms with Gasteiger partial charge in [0.25, 0.3) is 5.69 Å². The zero-order valence-corrected chi connectivity index (χ0v) is 11.6. The summed E-state index contributed by atoms with van der Waals surface area (Å²) in [6, 6.07) is 13.0. The molecule has 5 heteroatoms. The number of para-hydroxylation sites is 2. The number of rotatable bonds is 2. The van der Waals surface area contributed by atoms with Crippen molar-refractivity contribution in [2.75, 3.05) is 4.90 Å². The molecular formula is C14H11BrN2O2. The van der Waals surface area contributed by atoms with E-state index >= 15 is 0 Å². The van der Waals surface area contributed by atoms with E-state index in [1.54, 1.807) is 18.2 Å². The topological polar surface area (TPSA) is 46.4 Å². The molecule has 3 rings (SSSR count). The summed E-state index contributed by atoms with van der Waals surface area (Å²) in [6.07, 6.45) is 0. The van der Waals surface area contributed by atoms with Crippen LogP contribution in [0.1, 0.15) is 11.1 Å². The lowest BCUT2D eigenvalue weighted by atomic mass is 10.1. The van der Waals surface area contributed by atoms with Gasteiger partial charge in [-0.15, -0.1) is 0 Å². The molecule has 0 atom stereocenters. The van der Waals surface area contributed by atoms with E-state index in [-0.39, 0.29) is 10.6 Å². The van der Waals surface area contributed by atoms with Crippen molar-refractivity contribution in [3.05, 3.63) is 68.2 Å². The number of halogens is 1. The summed E-state index contributed by atoms with van der Waals surface area (Å²) in [6.45, 7) is 1.42. The predicted molar refractivity (Wildman–Crippen MR) is 77.1 cm³/mol. The molecule has 0 radical (unpaired) electrons. The van der Waals surface area contributed by atoms with E-state index in [4.69, 9.17) is 0 Å². The summed E-state index contributed by atoms with van der Waals surface area (Å²) in [5, 5.41) is 11.1. The normalized spacial score (nSPS) is 13.4. The average Bonchev–Trinajstić information content (AvgIpc) is 2.81. The Morgan fingerprint density at radius 3 is 2.63 bits per heavy atom. The molecule has 96 valence electrons. The first-order valence-electron chi connectivity index (χ1n) is 5.91. The van der Waals surface area contributed by atoms with Gasteiger partial charge in [-0.2, -0.15) is 0 Å². The van der Waals surface area contributed by atoms with Crippen LogP contribution in [0.2, 0.25) is 0 Å². The van der Waals surface area contributed by atoms with Gasteiger partial charge < -0.3 is 4.90 Å². The standard InChI is InChI=1S/C14H11BrN2O2/c15-12-6-5-10-8-16(9-11(10)7-12)13-3-1-2-4-14(13)17(18)19/h1-7H,8-9H2. The second-order valence-electron chi connectivity index (χ2n) is 4.51. The Labute approximate surface area is 118 Å². The van der Waals surface area contributed by atoms with Crippen LogP contribution in [0.25, 0.3) is 0 Å². The molecule has 1 aliphatic rings. The molecule has 0 aromatic heterocycles. The van der Waals surface area contributed by atoms with Crippen LogP contribution >= 0.6 is 15.9 Å². The van der Waals surface area contributed by atoms with Crippen molar-refractivity contribution >= 4 is 27.3 Å². The van der Waals surface area contributed by atoms with Crippen LogP contribution in [-0.4, -0.2) is 4.92 Å². The molecular weight excluding hydrogens is 308 g/mol. The van der Waals surface area contributed by atoms with Crippen molar-refractivity contribution in [1.82, 2.24) is 0 Å². The van der Waals surface area contributed by atoms with Crippen molar-refractivity contribution in [1.29, 1.82) is 0 Å². The molecule has 1 heterocycles. The smallest absolute Gasteiger partial charge is 0.292 e. The molecule has 0 N–H and O–H groups in total. The fourth-order valence-corrected chi connectivity index (χ4v) is 2.83. The van der Waals surface area contributed by atoms with Gasteiger partial charge in [0.2, 0.25) is 0 Å². The molecule has 0 unspecified atom stereocenters. The summed E-state index contributed by atoms with van der Waals surface area (Å²) in [5.41, 5.74) is 3.28. The first-order valence-corrected chi connectivity index (χ1v) is 6.70. The van der Waals surface area contributed by atoms with Crippen LogP contribution in [0, 0.1) is 10.1 Å². The highest BCUT2D eigenvalue weighted by atomic mass is 79.9. The number of anilines is 1. The Balaban J connectivity index is 1.97. The molecule has 0 amide bonds. The monoisotopic (exact) mass is 318 g/mol. The second kappa shape index (κ2) is 4.66. The van der Waals surface area contributed by atoms with E-state index in [0.717, 1.165) is 4.47 Å². The third-order valence-corrected chi connectivity index (χ3v) is 3.80. The Bertz CT molecular complexity index is 658. The molecule has 2 aromatic carbocycles. The van der Waals surface area contributed by atoms with Crippen molar-refractivity contribution in [3.8, 4) is 0 Å². The summed E-state index contributed by atoms with van der Waals surface area (Å²) in [7, 11) is 0. The van der Waals surface area contributed by atoms with Gasteiger partial charge in [-0.1, -0.05) is 34.1 Å². The lowest BCUT2D eigenvalue weighted by molar-refractivity contribution is -0.384. The van der Waals surface area contributed by atoms with Crippen molar-refractivity contribution in [2.45, 2.75) is 13.1 Å². The quantitative estimate of drug-likeness (QED) is 0.623. The SMILES string of the molecule is O=[N+]([O-])c1ccccc1N1Cc2ccc(Br)cc2C1. The largest absolute Gasteiger partial charge is 0.357 e. The van der Waals surface area contributed by atoms with Crippen LogP contribution < -0.4 is 4.90 Å². The summed E-state index contributed by atoms with van der Waals surface area (Å²) in [4.78, 5) is 12.8. The minimum absolute atomic E-state index is 0.161. The summed E-state index contributed by atoms with van der Waals surface area (Å²) < 4.78 is 1.04. The highest BCUT2D eigenvalue weighted by molar-refractivity contribution is 9.10. The zero-order chi connectivity index (χ0) is 13.4. The van der Waals surface area contributed by atoms with E-state index in [0.29, 0.717) is 18.8 Å². The lowest BCUT2D eigenvalue weighted by Crippen LogP contribution is -2.15. The summed E-state index contributed by atoms with van der Waals surface area (Å²) in [5.74, 6) is 0. The first-order chi connectivity index (χ1) is 9.15. The average molecular weight is 319 g/mol. The van der Waals surface area contributed by atoms with Crippen LogP contribution in [0.4, 0.5) is 11.4 Å². The highest BCUT2D eigenvalue weighted by Gasteiger charge is 2.24. The minimum Gasteiger partial charge on any atom is -0.357 e. The van der Waals surface area contributed by atoms with E-state index < -0.39 is 0 Å². The number of nitro groups is 1. The van der Waals surface area contributed by atoms with Gasteiger partial charge in [-0.25, -0.2) is 0 Å². The van der Waals surface area contributed by atoms with Crippen molar-refractivity contribution in [3.63, 3.8) is 0 Å². The maximum Gasteiger partial charge on any atom is 0.292 e. The van der Waals surface area contributed by atoms with Crippen LogP contribution in [-0.2, 0) is 13.1 Å². The molecule has 0 aliphatic carbocycles. The highest BCUT2D eigenvalue weighted by Crippen LogP contribution is 2.35.